The Hall–Kier alpha value is -2.49. The molecule has 2 heterocycles. The van der Waals surface area contributed by atoms with Crippen LogP contribution in [0.1, 0.15) is 30.6 Å². The summed E-state index contributed by atoms with van der Waals surface area (Å²) in [5, 5.41) is 0. The van der Waals surface area contributed by atoms with Crippen LogP contribution in [0.15, 0.2) is 52.4 Å². The number of methoxy groups -OCH3 is 1. The summed E-state index contributed by atoms with van der Waals surface area (Å²) in [4.78, 5) is 17.8. The van der Waals surface area contributed by atoms with Gasteiger partial charge in [-0.1, -0.05) is 25.2 Å². The van der Waals surface area contributed by atoms with E-state index in [1.165, 1.54) is 35.6 Å². The molecule has 7 nitrogen and oxygen atoms in total. The second kappa shape index (κ2) is 8.80. The van der Waals surface area contributed by atoms with Crippen LogP contribution in [0.3, 0.4) is 0 Å². The molecule has 3 aromatic rings. The van der Waals surface area contributed by atoms with Crippen molar-refractivity contribution < 1.29 is 17.9 Å². The van der Waals surface area contributed by atoms with Gasteiger partial charge in [-0.2, -0.15) is 9.30 Å². The number of carbonyl (C=O) groups is 1. The van der Waals surface area contributed by atoms with Crippen molar-refractivity contribution in [2.45, 2.75) is 25.2 Å². The molecule has 1 fully saturated rings. The number of hydrogen-bond acceptors (Lipinski definition) is 5. The summed E-state index contributed by atoms with van der Waals surface area (Å²) in [6.07, 6.45) is 1.03. The quantitative estimate of drug-likeness (QED) is 0.579. The minimum absolute atomic E-state index is 0.204. The maximum absolute atomic E-state index is 13.1. The first-order valence-electron chi connectivity index (χ1n) is 10.5. The molecule has 0 N–H and O–H groups in total. The average Bonchev–Trinajstić information content (AvgIpc) is 3.07. The molecule has 1 saturated heterocycles. The molecule has 9 heteroatoms. The predicted molar refractivity (Wildman–Crippen MR) is 125 cm³/mol. The Balaban J connectivity index is 1.60. The number of aromatic nitrogens is 1. The van der Waals surface area contributed by atoms with Crippen molar-refractivity contribution in [1.82, 2.24) is 8.87 Å². The van der Waals surface area contributed by atoms with Crippen LogP contribution >= 0.6 is 11.3 Å². The van der Waals surface area contributed by atoms with Crippen LogP contribution in [0.2, 0.25) is 0 Å². The number of carbonyl (C=O) groups excluding carboxylic acids is 1. The lowest BCUT2D eigenvalue weighted by molar-refractivity contribution is 0.0998. The van der Waals surface area contributed by atoms with Crippen LogP contribution < -0.4 is 9.54 Å². The lowest BCUT2D eigenvalue weighted by Gasteiger charge is -2.34. The summed E-state index contributed by atoms with van der Waals surface area (Å²) >= 11 is 1.40. The molecule has 0 spiro atoms. The zero-order chi connectivity index (χ0) is 23.0. The lowest BCUT2D eigenvalue weighted by atomic mass is 9.94. The highest BCUT2D eigenvalue weighted by atomic mass is 32.2. The van der Waals surface area contributed by atoms with Gasteiger partial charge in [-0.15, -0.1) is 0 Å². The molecule has 0 saturated carbocycles. The van der Waals surface area contributed by atoms with Crippen molar-refractivity contribution in [3.05, 3.63) is 52.8 Å². The van der Waals surface area contributed by atoms with Crippen LogP contribution in [0, 0.1) is 11.8 Å². The fourth-order valence-electron chi connectivity index (χ4n) is 4.22. The van der Waals surface area contributed by atoms with E-state index in [-0.39, 0.29) is 4.90 Å². The van der Waals surface area contributed by atoms with Crippen LogP contribution in [0.25, 0.3) is 10.2 Å². The van der Waals surface area contributed by atoms with Gasteiger partial charge in [0, 0.05) is 25.7 Å². The third-order valence-electron chi connectivity index (χ3n) is 5.79. The minimum Gasteiger partial charge on any atom is -0.497 e. The number of piperidine rings is 1. The third kappa shape index (κ3) is 4.37. The lowest BCUT2D eigenvalue weighted by Crippen LogP contribution is -2.42. The SMILES string of the molecule is COc1ccc2c(c1)sc(=NC(=O)c1ccc(S(=O)(=O)N3C[C@H](C)C[C@@H](C)C3)cc1)n2C. The molecule has 2 atom stereocenters. The van der Waals surface area contributed by atoms with Crippen molar-refractivity contribution in [2.75, 3.05) is 20.2 Å². The number of aryl methyl sites for hydroxylation is 1. The van der Waals surface area contributed by atoms with E-state index in [4.69, 9.17) is 4.74 Å². The number of benzene rings is 2. The van der Waals surface area contributed by atoms with Crippen molar-refractivity contribution in [2.24, 2.45) is 23.9 Å². The molecular weight excluding hydrogens is 446 g/mol. The van der Waals surface area contributed by atoms with E-state index in [0.29, 0.717) is 35.3 Å². The fraction of sp³-hybridized carbons (Fsp3) is 0.391. The van der Waals surface area contributed by atoms with Crippen molar-refractivity contribution in [3.8, 4) is 5.75 Å². The minimum atomic E-state index is -3.58. The molecule has 1 aliphatic heterocycles. The second-order valence-corrected chi connectivity index (χ2v) is 11.4. The van der Waals surface area contributed by atoms with Crippen molar-refractivity contribution in [1.29, 1.82) is 0 Å². The van der Waals surface area contributed by atoms with Crippen LogP contribution in [-0.4, -0.2) is 43.4 Å². The van der Waals surface area contributed by atoms with Crippen molar-refractivity contribution >= 4 is 37.5 Å². The van der Waals surface area contributed by atoms with Gasteiger partial charge in [-0.25, -0.2) is 8.42 Å². The first-order valence-corrected chi connectivity index (χ1v) is 12.8. The normalized spacial score (nSPS) is 20.6. The zero-order valence-electron chi connectivity index (χ0n) is 18.6. The number of sulfonamides is 1. The number of thiazole rings is 1. The van der Waals surface area contributed by atoms with Gasteiger partial charge in [0.1, 0.15) is 5.75 Å². The molecular formula is C23H27N3O4S2. The monoisotopic (exact) mass is 473 g/mol. The molecule has 0 radical (unpaired) electrons. The Labute approximate surface area is 192 Å². The number of amides is 1. The molecule has 170 valence electrons. The van der Waals surface area contributed by atoms with Crippen LogP contribution in [0.4, 0.5) is 0 Å². The first-order chi connectivity index (χ1) is 15.2. The summed E-state index contributed by atoms with van der Waals surface area (Å²) in [5.74, 6) is 0.986. The van der Waals surface area contributed by atoms with E-state index in [9.17, 15) is 13.2 Å². The van der Waals surface area contributed by atoms with Gasteiger partial charge >= 0.3 is 0 Å². The highest BCUT2D eigenvalue weighted by Gasteiger charge is 2.31. The molecule has 0 unspecified atom stereocenters. The molecule has 1 aromatic heterocycles. The highest BCUT2D eigenvalue weighted by molar-refractivity contribution is 7.89. The zero-order valence-corrected chi connectivity index (χ0v) is 20.2. The van der Waals surface area contributed by atoms with Crippen LogP contribution in [0.5, 0.6) is 5.75 Å². The topological polar surface area (TPSA) is 81.0 Å². The number of nitrogens with zero attached hydrogens (tertiary/aromatic N) is 3. The summed E-state index contributed by atoms with van der Waals surface area (Å²) in [6, 6.07) is 11.8. The predicted octanol–water partition coefficient (Wildman–Crippen LogP) is 3.66. The van der Waals surface area contributed by atoms with Crippen LogP contribution in [-0.2, 0) is 17.1 Å². The van der Waals surface area contributed by atoms with E-state index < -0.39 is 15.9 Å². The Morgan fingerprint density at radius 1 is 1.09 bits per heavy atom. The summed E-state index contributed by atoms with van der Waals surface area (Å²) in [6.45, 7) is 5.20. The van der Waals surface area contributed by atoms with E-state index in [1.54, 1.807) is 11.4 Å². The molecule has 4 rings (SSSR count). The van der Waals surface area contributed by atoms with Crippen molar-refractivity contribution in [3.63, 3.8) is 0 Å². The van der Waals surface area contributed by atoms with E-state index in [2.05, 4.69) is 18.8 Å². The molecule has 1 aliphatic rings. The average molecular weight is 474 g/mol. The van der Waals surface area contributed by atoms with Gasteiger partial charge in [-0.05, 0) is 60.7 Å². The number of hydrogen-bond donors (Lipinski definition) is 0. The maximum Gasteiger partial charge on any atom is 0.279 e. The standard InChI is InChI=1S/C23H27N3O4S2/c1-15-11-16(2)14-26(13-15)32(28,29)19-8-5-17(6-9-19)22(27)24-23-25(3)20-10-7-18(30-4)12-21(20)31-23/h5-10,12,15-16H,11,13-14H2,1-4H3/t15-,16-/m1/s1. The first kappa shape index (κ1) is 22.7. The molecule has 0 aliphatic carbocycles. The molecule has 2 aromatic carbocycles. The van der Waals surface area contributed by atoms with Gasteiger partial charge < -0.3 is 9.30 Å². The van der Waals surface area contributed by atoms with Gasteiger partial charge in [-0.3, -0.25) is 4.79 Å². The largest absolute Gasteiger partial charge is 0.497 e. The summed E-state index contributed by atoms with van der Waals surface area (Å²) < 4.78 is 35.7. The molecule has 0 bridgehead atoms. The molecule has 32 heavy (non-hydrogen) atoms. The Kier molecular flexibility index (Phi) is 6.24. The summed E-state index contributed by atoms with van der Waals surface area (Å²) in [5.41, 5.74) is 1.30. The number of fused-ring (bicyclic) bond motifs is 1. The smallest absolute Gasteiger partial charge is 0.279 e. The summed E-state index contributed by atoms with van der Waals surface area (Å²) in [7, 11) is -0.117. The second-order valence-electron chi connectivity index (χ2n) is 8.49. The Morgan fingerprint density at radius 2 is 1.75 bits per heavy atom. The van der Waals surface area contributed by atoms with E-state index in [1.807, 2.05) is 29.8 Å². The highest BCUT2D eigenvalue weighted by Crippen LogP contribution is 2.27. The third-order valence-corrected chi connectivity index (χ3v) is 8.73. The van der Waals surface area contributed by atoms with Gasteiger partial charge in [0.2, 0.25) is 10.0 Å². The Bertz CT molecular complexity index is 1310. The number of ether oxygens (including phenoxy) is 1. The maximum atomic E-state index is 13.1. The van der Waals surface area contributed by atoms with E-state index in [0.717, 1.165) is 22.4 Å². The Morgan fingerprint density at radius 3 is 2.38 bits per heavy atom. The van der Waals surface area contributed by atoms with E-state index >= 15 is 0 Å². The van der Waals surface area contributed by atoms with Gasteiger partial charge in [0.25, 0.3) is 5.91 Å². The number of rotatable bonds is 4. The molecule has 1 amide bonds. The van der Waals surface area contributed by atoms with Gasteiger partial charge in [0.05, 0.1) is 22.2 Å². The fourth-order valence-corrected chi connectivity index (χ4v) is 6.94. The van der Waals surface area contributed by atoms with Gasteiger partial charge in [0.15, 0.2) is 4.80 Å².